The predicted molar refractivity (Wildman–Crippen MR) is 77.2 cm³/mol. The zero-order valence-corrected chi connectivity index (χ0v) is 11.6. The molecule has 110 valence electrons. The average molecular weight is 279 g/mol. The second-order valence-corrected chi connectivity index (χ2v) is 5.37. The fraction of sp³-hybridized carbons (Fsp3) is 0.533. The minimum Gasteiger partial charge on any atom is -0.395 e. The Kier molecular flexibility index (Phi) is 5.09. The summed E-state index contributed by atoms with van der Waals surface area (Å²) < 4.78 is 13.3. The number of nitrogens with one attached hydrogen (secondary N) is 1. The lowest BCUT2D eigenvalue weighted by Crippen LogP contribution is -2.37. The van der Waals surface area contributed by atoms with Gasteiger partial charge in [-0.2, -0.15) is 0 Å². The van der Waals surface area contributed by atoms with Crippen molar-refractivity contribution in [2.75, 3.05) is 13.2 Å². The van der Waals surface area contributed by atoms with Gasteiger partial charge in [0, 0.05) is 18.2 Å². The molecule has 0 bridgehead atoms. The first-order valence-corrected chi connectivity index (χ1v) is 7.09. The van der Waals surface area contributed by atoms with Gasteiger partial charge in [0.2, 0.25) is 0 Å². The SMILES string of the molecule is N=C(N)c1cc(F)ccc1CN1CCCCCC1CO. The van der Waals surface area contributed by atoms with Crippen molar-refractivity contribution in [3.63, 3.8) is 0 Å². The number of benzene rings is 1. The Hall–Kier alpha value is -1.46. The molecule has 1 aromatic carbocycles. The Bertz CT molecular complexity index is 478. The molecule has 1 heterocycles. The highest BCUT2D eigenvalue weighted by Crippen LogP contribution is 2.21. The van der Waals surface area contributed by atoms with Crippen LogP contribution < -0.4 is 5.73 Å². The van der Waals surface area contributed by atoms with E-state index >= 15 is 0 Å². The van der Waals surface area contributed by atoms with E-state index in [-0.39, 0.29) is 24.3 Å². The Morgan fingerprint density at radius 3 is 2.90 bits per heavy atom. The van der Waals surface area contributed by atoms with Gasteiger partial charge in [-0.05, 0) is 37.1 Å². The van der Waals surface area contributed by atoms with Crippen molar-refractivity contribution in [1.29, 1.82) is 5.41 Å². The summed E-state index contributed by atoms with van der Waals surface area (Å²) in [5.41, 5.74) is 6.83. The molecule has 1 aliphatic heterocycles. The molecule has 0 amide bonds. The lowest BCUT2D eigenvalue weighted by molar-refractivity contribution is 0.118. The molecule has 0 aliphatic carbocycles. The van der Waals surface area contributed by atoms with Crippen molar-refractivity contribution in [2.45, 2.75) is 38.3 Å². The summed E-state index contributed by atoms with van der Waals surface area (Å²) in [4.78, 5) is 2.21. The summed E-state index contributed by atoms with van der Waals surface area (Å²) in [5.74, 6) is -0.497. The molecule has 1 unspecified atom stereocenters. The summed E-state index contributed by atoms with van der Waals surface area (Å²) in [5, 5.41) is 17.1. The first-order valence-electron chi connectivity index (χ1n) is 7.09. The van der Waals surface area contributed by atoms with Gasteiger partial charge in [-0.3, -0.25) is 10.3 Å². The van der Waals surface area contributed by atoms with Crippen LogP contribution in [0.1, 0.15) is 36.8 Å². The van der Waals surface area contributed by atoms with Gasteiger partial charge in [0.15, 0.2) is 0 Å². The highest BCUT2D eigenvalue weighted by molar-refractivity contribution is 5.96. The van der Waals surface area contributed by atoms with Crippen LogP contribution in [0.2, 0.25) is 0 Å². The lowest BCUT2D eigenvalue weighted by atomic mass is 10.0. The maximum absolute atomic E-state index is 13.3. The molecular formula is C15H22FN3O. The normalized spacial score (nSPS) is 20.6. The number of likely N-dealkylation sites (tertiary alicyclic amines) is 1. The fourth-order valence-electron chi connectivity index (χ4n) is 2.81. The molecule has 1 fully saturated rings. The number of hydrogen-bond acceptors (Lipinski definition) is 3. The molecule has 2 rings (SSSR count). The molecule has 0 radical (unpaired) electrons. The third kappa shape index (κ3) is 3.55. The minimum absolute atomic E-state index is 0.116. The second kappa shape index (κ2) is 6.81. The van der Waals surface area contributed by atoms with E-state index < -0.39 is 0 Å². The molecule has 0 spiro atoms. The quantitative estimate of drug-likeness (QED) is 0.581. The second-order valence-electron chi connectivity index (χ2n) is 5.37. The van der Waals surface area contributed by atoms with E-state index in [1.165, 1.54) is 18.6 Å². The van der Waals surface area contributed by atoms with E-state index in [9.17, 15) is 9.50 Å². The van der Waals surface area contributed by atoms with Gasteiger partial charge in [-0.15, -0.1) is 0 Å². The van der Waals surface area contributed by atoms with Gasteiger partial charge in [0.25, 0.3) is 0 Å². The number of aliphatic hydroxyl groups is 1. The van der Waals surface area contributed by atoms with Gasteiger partial charge in [0.05, 0.1) is 6.61 Å². The van der Waals surface area contributed by atoms with Crippen LogP contribution >= 0.6 is 0 Å². The first-order chi connectivity index (χ1) is 9.61. The summed E-state index contributed by atoms with van der Waals surface area (Å²) in [6.45, 7) is 1.65. The molecule has 20 heavy (non-hydrogen) atoms. The van der Waals surface area contributed by atoms with E-state index in [1.54, 1.807) is 6.07 Å². The van der Waals surface area contributed by atoms with Crippen LogP contribution in [0.15, 0.2) is 18.2 Å². The highest BCUT2D eigenvalue weighted by Gasteiger charge is 2.21. The number of nitrogens with zero attached hydrogens (tertiary/aromatic N) is 1. The zero-order valence-electron chi connectivity index (χ0n) is 11.6. The number of nitrogen functional groups attached to an aromatic ring is 1. The van der Waals surface area contributed by atoms with Crippen molar-refractivity contribution in [3.8, 4) is 0 Å². The maximum atomic E-state index is 13.3. The van der Waals surface area contributed by atoms with Gasteiger partial charge < -0.3 is 10.8 Å². The summed E-state index contributed by atoms with van der Waals surface area (Å²) in [6, 6.07) is 4.53. The van der Waals surface area contributed by atoms with Gasteiger partial charge in [-0.1, -0.05) is 18.9 Å². The molecule has 1 aliphatic rings. The molecule has 1 atom stereocenters. The van der Waals surface area contributed by atoms with E-state index in [0.717, 1.165) is 31.4 Å². The molecule has 0 saturated carbocycles. The van der Waals surface area contributed by atoms with E-state index in [2.05, 4.69) is 4.90 Å². The molecule has 4 nitrogen and oxygen atoms in total. The standard InChI is InChI=1S/C15H22FN3O/c16-12-6-5-11(14(8-12)15(17)18)9-19-7-3-1-2-4-13(19)10-20/h5-6,8,13,20H,1-4,7,9-10H2,(H3,17,18). The zero-order chi connectivity index (χ0) is 14.5. The number of rotatable bonds is 4. The molecule has 4 N–H and O–H groups in total. The maximum Gasteiger partial charge on any atom is 0.123 e. The van der Waals surface area contributed by atoms with Crippen LogP contribution in [0.4, 0.5) is 4.39 Å². The first kappa shape index (κ1) is 14.9. The van der Waals surface area contributed by atoms with Gasteiger partial charge in [-0.25, -0.2) is 4.39 Å². The third-order valence-corrected chi connectivity index (χ3v) is 3.95. The molecular weight excluding hydrogens is 257 g/mol. The van der Waals surface area contributed by atoms with Crippen LogP contribution in [-0.4, -0.2) is 35.0 Å². The van der Waals surface area contributed by atoms with Crippen LogP contribution in [-0.2, 0) is 6.54 Å². The van der Waals surface area contributed by atoms with Crippen LogP contribution in [0.25, 0.3) is 0 Å². The Morgan fingerprint density at radius 2 is 2.20 bits per heavy atom. The highest BCUT2D eigenvalue weighted by atomic mass is 19.1. The summed E-state index contributed by atoms with van der Waals surface area (Å²) in [6.07, 6.45) is 4.39. The van der Waals surface area contributed by atoms with Gasteiger partial charge in [0.1, 0.15) is 11.7 Å². The fourth-order valence-corrected chi connectivity index (χ4v) is 2.81. The van der Waals surface area contributed by atoms with Gasteiger partial charge >= 0.3 is 0 Å². The molecule has 1 saturated heterocycles. The van der Waals surface area contributed by atoms with Crippen molar-refractivity contribution >= 4 is 5.84 Å². The Balaban J connectivity index is 2.21. The van der Waals surface area contributed by atoms with Crippen molar-refractivity contribution < 1.29 is 9.50 Å². The number of hydrogen-bond donors (Lipinski definition) is 3. The smallest absolute Gasteiger partial charge is 0.123 e. The number of halogens is 1. The van der Waals surface area contributed by atoms with E-state index in [0.29, 0.717) is 12.1 Å². The molecule has 5 heteroatoms. The van der Waals surface area contributed by atoms with E-state index in [4.69, 9.17) is 11.1 Å². The average Bonchev–Trinajstić information content (AvgIpc) is 2.65. The topological polar surface area (TPSA) is 73.3 Å². The molecule has 1 aromatic rings. The summed E-state index contributed by atoms with van der Waals surface area (Å²) in [7, 11) is 0. The minimum atomic E-state index is -0.381. The Labute approximate surface area is 118 Å². The van der Waals surface area contributed by atoms with Crippen molar-refractivity contribution in [1.82, 2.24) is 4.90 Å². The van der Waals surface area contributed by atoms with Crippen LogP contribution in [0, 0.1) is 11.2 Å². The van der Waals surface area contributed by atoms with Crippen LogP contribution in [0.5, 0.6) is 0 Å². The van der Waals surface area contributed by atoms with Crippen molar-refractivity contribution in [3.05, 3.63) is 35.1 Å². The number of nitrogens with two attached hydrogens (primary N) is 1. The molecule has 0 aromatic heterocycles. The van der Waals surface area contributed by atoms with Crippen molar-refractivity contribution in [2.24, 2.45) is 5.73 Å². The lowest BCUT2D eigenvalue weighted by Gasteiger charge is -2.29. The summed E-state index contributed by atoms with van der Waals surface area (Å²) >= 11 is 0. The van der Waals surface area contributed by atoms with Crippen LogP contribution in [0.3, 0.4) is 0 Å². The Morgan fingerprint density at radius 1 is 1.40 bits per heavy atom. The number of amidine groups is 1. The monoisotopic (exact) mass is 279 g/mol. The predicted octanol–water partition coefficient (Wildman–Crippen LogP) is 1.85. The van der Waals surface area contributed by atoms with E-state index in [1.807, 2.05) is 0 Å². The number of aliphatic hydroxyl groups excluding tert-OH is 1. The largest absolute Gasteiger partial charge is 0.395 e. The third-order valence-electron chi connectivity index (χ3n) is 3.95.